The number of carbonyl (C=O) groups is 1. The van der Waals surface area contributed by atoms with Crippen LogP contribution in [0.2, 0.25) is 0 Å². The van der Waals surface area contributed by atoms with Gasteiger partial charge in [0.25, 0.3) is 16.4 Å². The van der Waals surface area contributed by atoms with E-state index < -0.39 is 16.4 Å². The summed E-state index contributed by atoms with van der Waals surface area (Å²) in [5.41, 5.74) is -0.223. The highest BCUT2D eigenvalue weighted by Crippen LogP contribution is 2.26. The van der Waals surface area contributed by atoms with Gasteiger partial charge in [-0.1, -0.05) is 18.6 Å². The summed E-state index contributed by atoms with van der Waals surface area (Å²) in [6, 6.07) is 11.6. The first-order valence-electron chi connectivity index (χ1n) is 13.8. The lowest BCUT2D eigenvalue weighted by atomic mass is 10.1. The van der Waals surface area contributed by atoms with E-state index in [0.717, 1.165) is 25.9 Å². The molecule has 11 heteroatoms. The van der Waals surface area contributed by atoms with E-state index in [1.807, 2.05) is 0 Å². The highest BCUT2D eigenvalue weighted by molar-refractivity contribution is 5.95. The van der Waals surface area contributed by atoms with Crippen LogP contribution in [-0.4, -0.2) is 53.2 Å². The van der Waals surface area contributed by atoms with Crippen molar-refractivity contribution in [3.63, 3.8) is 0 Å². The van der Waals surface area contributed by atoms with Gasteiger partial charge in [0.1, 0.15) is 11.4 Å². The van der Waals surface area contributed by atoms with Crippen LogP contribution in [0.15, 0.2) is 61.6 Å². The van der Waals surface area contributed by atoms with Crippen molar-refractivity contribution >= 4 is 39.4 Å². The Morgan fingerprint density at radius 1 is 0.829 bits per heavy atom. The van der Waals surface area contributed by atoms with E-state index in [4.69, 9.17) is 4.74 Å². The van der Waals surface area contributed by atoms with Crippen LogP contribution in [0.5, 0.6) is 0 Å². The molecule has 2 heterocycles. The first kappa shape index (κ1) is 28.2. The van der Waals surface area contributed by atoms with Crippen molar-refractivity contribution in [1.82, 2.24) is 14.0 Å². The van der Waals surface area contributed by atoms with Gasteiger partial charge in [0.05, 0.1) is 24.1 Å². The predicted octanol–water partition coefficient (Wildman–Crippen LogP) is 2.58. The molecule has 0 unspecified atom stereocenters. The Labute approximate surface area is 235 Å². The molecule has 11 nitrogen and oxygen atoms in total. The molecule has 41 heavy (non-hydrogen) atoms. The van der Waals surface area contributed by atoms with Crippen LogP contribution in [-0.2, 0) is 17.8 Å². The molecular weight excluding hydrogens is 526 g/mol. The number of ketones is 1. The Balaban J connectivity index is 1.48. The van der Waals surface area contributed by atoms with Crippen LogP contribution in [0, 0.1) is 0 Å². The number of methoxy groups -OCH3 is 1. The van der Waals surface area contributed by atoms with Crippen molar-refractivity contribution in [3.8, 4) is 0 Å². The maximum atomic E-state index is 13.4. The molecule has 0 bridgehead atoms. The van der Waals surface area contributed by atoms with Crippen LogP contribution in [0.1, 0.15) is 36.5 Å². The molecule has 0 radical (unpaired) electrons. The summed E-state index contributed by atoms with van der Waals surface area (Å²) in [7, 11) is 1.51. The van der Waals surface area contributed by atoms with Gasteiger partial charge in [-0.3, -0.25) is 28.3 Å². The van der Waals surface area contributed by atoms with E-state index in [1.165, 1.54) is 25.0 Å². The van der Waals surface area contributed by atoms with Crippen LogP contribution in [0.3, 0.4) is 0 Å². The molecule has 3 aromatic carbocycles. The lowest BCUT2D eigenvalue weighted by Gasteiger charge is -2.27. The van der Waals surface area contributed by atoms with Crippen molar-refractivity contribution in [1.29, 1.82) is 0 Å². The van der Waals surface area contributed by atoms with Gasteiger partial charge in [0, 0.05) is 37.1 Å². The van der Waals surface area contributed by atoms with Crippen molar-refractivity contribution in [2.24, 2.45) is 0 Å². The number of fused-ring (bicyclic) bond motifs is 1. The van der Waals surface area contributed by atoms with Gasteiger partial charge in [0.15, 0.2) is 5.78 Å². The molecule has 0 saturated carbocycles. The smallest absolute Gasteiger partial charge is 0.331 e. The Hall–Kier alpha value is -4.35. The van der Waals surface area contributed by atoms with Crippen LogP contribution in [0.25, 0.3) is 10.9 Å². The third-order valence-electron chi connectivity index (χ3n) is 7.55. The number of piperidine rings is 1. The Kier molecular flexibility index (Phi) is 8.27. The molecule has 5 rings (SSSR count). The topological polar surface area (TPSA) is 132 Å². The third-order valence-corrected chi connectivity index (χ3v) is 7.55. The second-order valence-corrected chi connectivity index (χ2v) is 10.3. The molecule has 2 N–H and O–H groups in total. The fourth-order valence-electron chi connectivity index (χ4n) is 5.26. The number of likely N-dealkylation sites (tertiary alicyclic amines) is 1. The van der Waals surface area contributed by atoms with Crippen molar-refractivity contribution in [2.45, 2.75) is 39.3 Å². The number of rotatable bonds is 11. The number of carbonyl (C=O) groups excluding carboxylic acids is 1. The zero-order chi connectivity index (χ0) is 29.1. The molecule has 1 aliphatic rings. The molecular formula is C30H33N5O6. The molecule has 1 saturated heterocycles. The summed E-state index contributed by atoms with van der Waals surface area (Å²) in [6.45, 7) is 4.86. The fourth-order valence-corrected chi connectivity index (χ4v) is 5.26. The van der Waals surface area contributed by atoms with Gasteiger partial charge in [-0.15, -0.1) is 0 Å². The minimum absolute atomic E-state index is 0.0562. The average molecular weight is 560 g/mol. The average Bonchev–Trinajstić information content (AvgIpc) is 2.99. The van der Waals surface area contributed by atoms with E-state index in [9.17, 15) is 24.0 Å². The summed E-state index contributed by atoms with van der Waals surface area (Å²) in [6.07, 6.45) is 3.48. The van der Waals surface area contributed by atoms with Crippen molar-refractivity contribution in [3.05, 3.63) is 89.3 Å². The molecule has 4 aromatic rings. The summed E-state index contributed by atoms with van der Waals surface area (Å²) in [5.74, 6) is -0.126. The summed E-state index contributed by atoms with van der Waals surface area (Å²) in [4.78, 5) is 65.8. The van der Waals surface area contributed by atoms with E-state index in [1.54, 1.807) is 47.0 Å². The highest BCUT2D eigenvalue weighted by Gasteiger charge is 2.22. The number of hydrogen-bond acceptors (Lipinski definition) is 9. The molecule has 0 spiro atoms. The Morgan fingerprint density at radius 2 is 1.51 bits per heavy atom. The van der Waals surface area contributed by atoms with E-state index in [0.29, 0.717) is 40.9 Å². The van der Waals surface area contributed by atoms with E-state index in [-0.39, 0.29) is 36.0 Å². The monoisotopic (exact) mass is 559 g/mol. The molecule has 0 aliphatic carbocycles. The van der Waals surface area contributed by atoms with E-state index in [2.05, 4.69) is 15.5 Å². The highest BCUT2D eigenvalue weighted by atomic mass is 16.5. The van der Waals surface area contributed by atoms with E-state index >= 15 is 0 Å². The molecule has 1 aromatic heterocycles. The number of benzene rings is 2. The molecule has 1 aliphatic heterocycles. The minimum atomic E-state index is -0.695. The lowest BCUT2D eigenvalue weighted by Crippen LogP contribution is -2.43. The van der Waals surface area contributed by atoms with Gasteiger partial charge in [-0.25, -0.2) is 4.79 Å². The number of ether oxygens (including phenoxy) is 1. The number of nitrogens with zero attached hydrogens (tertiary/aromatic N) is 3. The largest absolute Gasteiger partial charge is 0.383 e. The van der Waals surface area contributed by atoms with Gasteiger partial charge in [-0.05, 0) is 63.2 Å². The SMILES string of the molecule is COCCn1c(=O)c2cc(Nc3c(Nc4cccc(C(C)=O)c4)c(=O)c3=O)ccc2n(CCN2CCCCC2)c1=O. The summed E-state index contributed by atoms with van der Waals surface area (Å²) in [5, 5.41) is 6.22. The Bertz CT molecular complexity index is 1790. The van der Waals surface area contributed by atoms with Crippen molar-refractivity contribution < 1.29 is 9.53 Å². The fraction of sp³-hybridized carbons (Fsp3) is 0.367. The number of aromatic nitrogens is 2. The van der Waals surface area contributed by atoms with Crippen molar-refractivity contribution in [2.75, 3.05) is 44.0 Å². The molecule has 0 atom stereocenters. The Morgan fingerprint density at radius 3 is 2.17 bits per heavy atom. The minimum Gasteiger partial charge on any atom is -0.383 e. The van der Waals surface area contributed by atoms with Gasteiger partial charge < -0.3 is 20.3 Å². The first-order chi connectivity index (χ1) is 19.8. The maximum Gasteiger partial charge on any atom is 0.331 e. The number of nitrogens with one attached hydrogen (secondary N) is 2. The second-order valence-electron chi connectivity index (χ2n) is 10.3. The zero-order valence-corrected chi connectivity index (χ0v) is 23.2. The van der Waals surface area contributed by atoms with Crippen LogP contribution in [0.4, 0.5) is 22.7 Å². The number of anilines is 4. The maximum absolute atomic E-state index is 13.4. The normalized spacial score (nSPS) is 14.0. The molecule has 1 fully saturated rings. The second kappa shape index (κ2) is 12.0. The quantitative estimate of drug-likeness (QED) is 0.210. The summed E-state index contributed by atoms with van der Waals surface area (Å²) < 4.78 is 7.94. The lowest BCUT2D eigenvalue weighted by molar-refractivity contribution is 0.101. The van der Waals surface area contributed by atoms with Crippen LogP contribution < -0.4 is 32.7 Å². The van der Waals surface area contributed by atoms with Gasteiger partial charge >= 0.3 is 5.69 Å². The number of Topliss-reactive ketones (excluding diaryl/α,β-unsaturated/α-hetero) is 1. The zero-order valence-electron chi connectivity index (χ0n) is 23.2. The predicted molar refractivity (Wildman–Crippen MR) is 159 cm³/mol. The first-order valence-corrected chi connectivity index (χ1v) is 13.8. The molecule has 214 valence electrons. The summed E-state index contributed by atoms with van der Waals surface area (Å²) >= 11 is 0. The van der Waals surface area contributed by atoms with Gasteiger partial charge in [0.2, 0.25) is 0 Å². The third kappa shape index (κ3) is 5.77. The van der Waals surface area contributed by atoms with Crippen LogP contribution >= 0.6 is 0 Å². The molecule has 0 amide bonds. The number of hydrogen-bond donors (Lipinski definition) is 2. The van der Waals surface area contributed by atoms with Gasteiger partial charge in [-0.2, -0.15) is 0 Å². The standard InChI is InChI=1S/C30H33N5O6/c1-19(36)20-7-6-8-21(17-20)31-25-26(28(38)27(25)37)32-22-9-10-24-23(18-22)29(39)35(15-16-41-2)30(40)34(24)14-13-33-11-4-3-5-12-33/h6-10,17-18,31-32H,3-5,11-16H2,1-2H3.